The van der Waals surface area contributed by atoms with Gasteiger partial charge < -0.3 is 10.4 Å². The van der Waals surface area contributed by atoms with Crippen LogP contribution in [0.25, 0.3) is 0 Å². The first-order valence-corrected chi connectivity index (χ1v) is 4.90. The summed E-state index contributed by atoms with van der Waals surface area (Å²) < 4.78 is 0. The molecule has 1 unspecified atom stereocenters. The zero-order valence-corrected chi connectivity index (χ0v) is 8.51. The van der Waals surface area contributed by atoms with Crippen molar-refractivity contribution >= 4 is 0 Å². The Morgan fingerprint density at radius 3 is 3.08 bits per heavy atom. The van der Waals surface area contributed by atoms with E-state index < -0.39 is 0 Å². The van der Waals surface area contributed by atoms with Gasteiger partial charge in [-0.25, -0.2) is 0 Å². The third kappa shape index (κ3) is 4.25. The lowest BCUT2D eigenvalue weighted by atomic mass is 10.0. The highest BCUT2D eigenvalue weighted by molar-refractivity contribution is 5.12. The molecule has 1 atom stereocenters. The van der Waals surface area contributed by atoms with Crippen molar-refractivity contribution < 1.29 is 5.11 Å². The van der Waals surface area contributed by atoms with Gasteiger partial charge in [0.1, 0.15) is 0 Å². The van der Waals surface area contributed by atoms with Crippen LogP contribution in [0.2, 0.25) is 0 Å². The predicted molar refractivity (Wildman–Crippen MR) is 55.6 cm³/mol. The number of hydrogen-bond donors (Lipinski definition) is 2. The minimum atomic E-state index is -0.282. The Balaban J connectivity index is 2.32. The normalized spacial score (nSPS) is 22.4. The topological polar surface area (TPSA) is 32.3 Å². The number of rotatable bonds is 3. The molecule has 2 nitrogen and oxygen atoms in total. The van der Waals surface area contributed by atoms with E-state index in [1.807, 2.05) is 6.08 Å². The molecule has 0 saturated carbocycles. The molecule has 0 spiro atoms. The molecule has 0 aromatic carbocycles. The lowest BCUT2D eigenvalue weighted by Crippen LogP contribution is -2.32. The summed E-state index contributed by atoms with van der Waals surface area (Å²) in [4.78, 5) is 0. The van der Waals surface area contributed by atoms with E-state index in [2.05, 4.69) is 25.2 Å². The van der Waals surface area contributed by atoms with Crippen molar-refractivity contribution in [3.05, 3.63) is 23.3 Å². The molecule has 0 radical (unpaired) electrons. The number of nitrogens with one attached hydrogen (secondary N) is 1. The Bertz CT molecular complexity index is 214. The SMILES string of the molecule is CC(C)=CCCC1=CC(O)CNC1. The van der Waals surface area contributed by atoms with Crippen LogP contribution >= 0.6 is 0 Å². The Morgan fingerprint density at radius 1 is 1.69 bits per heavy atom. The molecular weight excluding hydrogens is 162 g/mol. The van der Waals surface area contributed by atoms with Crippen molar-refractivity contribution in [1.29, 1.82) is 0 Å². The molecule has 0 aromatic heterocycles. The molecule has 0 saturated heterocycles. The van der Waals surface area contributed by atoms with E-state index in [9.17, 15) is 5.11 Å². The van der Waals surface area contributed by atoms with Gasteiger partial charge in [0.25, 0.3) is 0 Å². The maximum atomic E-state index is 9.33. The average Bonchev–Trinajstić information content (AvgIpc) is 2.03. The van der Waals surface area contributed by atoms with Gasteiger partial charge in [0, 0.05) is 13.1 Å². The molecule has 0 fully saturated rings. The molecule has 0 amide bonds. The quantitative estimate of drug-likeness (QED) is 0.648. The highest BCUT2D eigenvalue weighted by Gasteiger charge is 2.08. The molecule has 1 rings (SSSR count). The second-order valence-corrected chi connectivity index (χ2v) is 3.84. The van der Waals surface area contributed by atoms with E-state index in [0.29, 0.717) is 6.54 Å². The van der Waals surface area contributed by atoms with Crippen LogP contribution < -0.4 is 5.32 Å². The summed E-state index contributed by atoms with van der Waals surface area (Å²) in [5.41, 5.74) is 2.70. The van der Waals surface area contributed by atoms with Crippen molar-refractivity contribution in [3.8, 4) is 0 Å². The second kappa shape index (κ2) is 5.20. The summed E-state index contributed by atoms with van der Waals surface area (Å²) in [6.07, 6.45) is 6.09. The van der Waals surface area contributed by atoms with Crippen LogP contribution in [0.3, 0.4) is 0 Å². The van der Waals surface area contributed by atoms with E-state index in [4.69, 9.17) is 0 Å². The van der Waals surface area contributed by atoms with Gasteiger partial charge in [0.05, 0.1) is 6.10 Å². The van der Waals surface area contributed by atoms with Crippen LogP contribution in [-0.2, 0) is 0 Å². The molecule has 1 aliphatic rings. The summed E-state index contributed by atoms with van der Waals surface area (Å²) in [7, 11) is 0. The molecule has 2 heteroatoms. The van der Waals surface area contributed by atoms with E-state index in [1.54, 1.807) is 0 Å². The first kappa shape index (κ1) is 10.5. The average molecular weight is 181 g/mol. The first-order valence-electron chi connectivity index (χ1n) is 4.90. The van der Waals surface area contributed by atoms with Gasteiger partial charge in [0.15, 0.2) is 0 Å². The summed E-state index contributed by atoms with van der Waals surface area (Å²) in [6.45, 7) is 5.87. The lowest BCUT2D eigenvalue weighted by molar-refractivity contribution is 0.212. The zero-order valence-electron chi connectivity index (χ0n) is 8.51. The molecule has 1 aliphatic heterocycles. The van der Waals surface area contributed by atoms with E-state index in [0.717, 1.165) is 19.4 Å². The summed E-state index contributed by atoms with van der Waals surface area (Å²) in [5, 5.41) is 12.5. The van der Waals surface area contributed by atoms with Gasteiger partial charge >= 0.3 is 0 Å². The minimum absolute atomic E-state index is 0.282. The summed E-state index contributed by atoms with van der Waals surface area (Å²) in [5.74, 6) is 0. The van der Waals surface area contributed by atoms with E-state index in [1.165, 1.54) is 11.1 Å². The van der Waals surface area contributed by atoms with Crippen LogP contribution in [0.15, 0.2) is 23.3 Å². The Morgan fingerprint density at radius 2 is 2.46 bits per heavy atom. The number of aliphatic hydroxyl groups excluding tert-OH is 1. The molecule has 1 heterocycles. The number of β-amino-alcohol motifs (C(OH)–C–C–N with tert-alkyl or cyclic N) is 1. The number of hydrogen-bond acceptors (Lipinski definition) is 2. The van der Waals surface area contributed by atoms with Crippen molar-refractivity contribution in [2.45, 2.75) is 32.8 Å². The molecular formula is C11H19NO. The number of aliphatic hydroxyl groups is 1. The fourth-order valence-corrected chi connectivity index (χ4v) is 1.49. The smallest absolute Gasteiger partial charge is 0.0848 e. The molecule has 0 bridgehead atoms. The fourth-order valence-electron chi connectivity index (χ4n) is 1.49. The van der Waals surface area contributed by atoms with Gasteiger partial charge in [0.2, 0.25) is 0 Å². The Labute approximate surface area is 80.3 Å². The summed E-state index contributed by atoms with van der Waals surface area (Å²) in [6, 6.07) is 0. The van der Waals surface area contributed by atoms with Crippen molar-refractivity contribution in [2.24, 2.45) is 0 Å². The standard InChI is InChI=1S/C11H19NO/c1-9(2)4-3-5-10-6-11(13)8-12-7-10/h4,6,11-13H,3,5,7-8H2,1-2H3. The highest BCUT2D eigenvalue weighted by atomic mass is 16.3. The maximum absolute atomic E-state index is 9.33. The molecule has 2 N–H and O–H groups in total. The van der Waals surface area contributed by atoms with Gasteiger partial charge in [-0.2, -0.15) is 0 Å². The summed E-state index contributed by atoms with van der Waals surface area (Å²) >= 11 is 0. The third-order valence-electron chi connectivity index (χ3n) is 2.15. The highest BCUT2D eigenvalue weighted by Crippen LogP contribution is 2.10. The van der Waals surface area contributed by atoms with Gasteiger partial charge in [-0.3, -0.25) is 0 Å². The molecule has 0 aliphatic carbocycles. The van der Waals surface area contributed by atoms with Gasteiger partial charge in [-0.15, -0.1) is 0 Å². The van der Waals surface area contributed by atoms with Crippen molar-refractivity contribution in [2.75, 3.05) is 13.1 Å². The van der Waals surface area contributed by atoms with Gasteiger partial charge in [-0.1, -0.05) is 23.3 Å². The minimum Gasteiger partial charge on any atom is -0.388 e. The largest absolute Gasteiger partial charge is 0.388 e. The van der Waals surface area contributed by atoms with Crippen LogP contribution in [0, 0.1) is 0 Å². The molecule has 13 heavy (non-hydrogen) atoms. The van der Waals surface area contributed by atoms with Crippen molar-refractivity contribution in [3.63, 3.8) is 0 Å². The Hall–Kier alpha value is -0.600. The monoisotopic (exact) mass is 181 g/mol. The Kier molecular flexibility index (Phi) is 4.19. The van der Waals surface area contributed by atoms with Crippen LogP contribution in [0.5, 0.6) is 0 Å². The van der Waals surface area contributed by atoms with E-state index >= 15 is 0 Å². The van der Waals surface area contributed by atoms with Crippen LogP contribution in [0.1, 0.15) is 26.7 Å². The number of allylic oxidation sites excluding steroid dienone is 2. The van der Waals surface area contributed by atoms with Crippen LogP contribution in [-0.4, -0.2) is 24.3 Å². The predicted octanol–water partition coefficient (Wildman–Crippen LogP) is 1.62. The first-order chi connectivity index (χ1) is 6.18. The molecule has 74 valence electrons. The van der Waals surface area contributed by atoms with E-state index in [-0.39, 0.29) is 6.10 Å². The molecule has 0 aromatic rings. The lowest BCUT2D eigenvalue weighted by Gasteiger charge is -2.17. The third-order valence-corrected chi connectivity index (χ3v) is 2.15. The fraction of sp³-hybridized carbons (Fsp3) is 0.636. The van der Waals surface area contributed by atoms with Crippen molar-refractivity contribution in [1.82, 2.24) is 5.32 Å². The second-order valence-electron chi connectivity index (χ2n) is 3.84. The maximum Gasteiger partial charge on any atom is 0.0848 e. The van der Waals surface area contributed by atoms with Crippen LogP contribution in [0.4, 0.5) is 0 Å². The van der Waals surface area contributed by atoms with Gasteiger partial charge in [-0.05, 0) is 26.7 Å². The zero-order chi connectivity index (χ0) is 9.68.